The Balaban J connectivity index is 1.24. The van der Waals surface area contributed by atoms with Gasteiger partial charge >= 0.3 is 0 Å². The van der Waals surface area contributed by atoms with Gasteiger partial charge in [-0.25, -0.2) is 0 Å². The first-order valence-electron chi connectivity index (χ1n) is 12.1. The minimum absolute atomic E-state index is 0.0280. The van der Waals surface area contributed by atoms with Gasteiger partial charge in [0.15, 0.2) is 0 Å². The van der Waals surface area contributed by atoms with E-state index in [0.29, 0.717) is 36.2 Å². The van der Waals surface area contributed by atoms with Crippen LogP contribution in [0.1, 0.15) is 37.7 Å². The Bertz CT molecular complexity index is 909. The number of likely N-dealkylation sites (tertiary alicyclic amines) is 1. The highest BCUT2D eigenvalue weighted by atomic mass is 35.5. The molecular weight excluding hydrogens is 477 g/mol. The number of piperidine rings is 1. The Hall–Kier alpha value is -1.64. The zero-order chi connectivity index (χ0) is 24.1. The lowest BCUT2D eigenvalue weighted by molar-refractivity contribution is -0.132. The van der Waals surface area contributed by atoms with E-state index in [1.807, 2.05) is 0 Å². The number of hydrogen-bond donors (Lipinski definition) is 1. The molecule has 4 rings (SSSR count). The summed E-state index contributed by atoms with van der Waals surface area (Å²) in [5.41, 5.74) is 0.841. The van der Waals surface area contributed by atoms with Gasteiger partial charge in [-0.1, -0.05) is 29.3 Å². The second kappa shape index (κ2) is 11.4. The minimum Gasteiger partial charge on any atom is -0.390 e. The number of hydrogen-bond acceptors (Lipinski definition) is 5. The lowest BCUT2D eigenvalue weighted by atomic mass is 9.88. The molecule has 3 saturated heterocycles. The Morgan fingerprint density at radius 3 is 2.59 bits per heavy atom. The number of amides is 2. The average Bonchev–Trinajstić information content (AvgIpc) is 3.20. The van der Waals surface area contributed by atoms with Gasteiger partial charge in [0.1, 0.15) is 0 Å². The van der Waals surface area contributed by atoms with E-state index in [2.05, 4.69) is 4.90 Å². The van der Waals surface area contributed by atoms with Crippen molar-refractivity contribution in [2.75, 3.05) is 52.4 Å². The predicted octanol–water partition coefficient (Wildman–Crippen LogP) is 3.07. The van der Waals surface area contributed by atoms with Gasteiger partial charge in [0.2, 0.25) is 11.8 Å². The first-order valence-corrected chi connectivity index (χ1v) is 12.8. The number of benzene rings is 1. The van der Waals surface area contributed by atoms with Gasteiger partial charge in [-0.15, -0.1) is 0 Å². The van der Waals surface area contributed by atoms with E-state index in [1.165, 1.54) is 6.08 Å². The third-order valence-corrected chi connectivity index (χ3v) is 7.85. The molecule has 186 valence electrons. The molecule has 1 aromatic rings. The summed E-state index contributed by atoms with van der Waals surface area (Å²) in [6, 6.07) is 5.17. The van der Waals surface area contributed by atoms with Crippen LogP contribution in [0.4, 0.5) is 0 Å². The van der Waals surface area contributed by atoms with E-state index >= 15 is 0 Å². The van der Waals surface area contributed by atoms with Gasteiger partial charge in [0.25, 0.3) is 0 Å². The summed E-state index contributed by atoms with van der Waals surface area (Å²) in [5.74, 6) is -0.183. The van der Waals surface area contributed by atoms with Gasteiger partial charge in [0.05, 0.1) is 21.8 Å². The van der Waals surface area contributed by atoms with Crippen LogP contribution in [0.2, 0.25) is 10.0 Å². The number of nitrogens with zero attached hydrogens (tertiary/aromatic N) is 3. The number of carbonyl (C=O) groups is 2. The molecular formula is C25H33Cl2N3O4. The highest BCUT2D eigenvalue weighted by molar-refractivity contribution is 6.42. The molecule has 1 spiro atoms. The maximum absolute atomic E-state index is 12.7. The maximum atomic E-state index is 12.7. The van der Waals surface area contributed by atoms with Gasteiger partial charge in [-0.05, 0) is 49.5 Å². The van der Waals surface area contributed by atoms with E-state index in [0.717, 1.165) is 50.9 Å². The highest BCUT2D eigenvalue weighted by Gasteiger charge is 2.38. The summed E-state index contributed by atoms with van der Waals surface area (Å²) in [6.07, 6.45) is 7.13. The van der Waals surface area contributed by atoms with Crippen LogP contribution in [0, 0.1) is 0 Å². The van der Waals surface area contributed by atoms with Crippen LogP contribution in [-0.2, 0) is 14.3 Å². The third-order valence-electron chi connectivity index (χ3n) is 7.11. The first kappa shape index (κ1) is 25.5. The van der Waals surface area contributed by atoms with Crippen molar-refractivity contribution in [3.8, 4) is 0 Å². The van der Waals surface area contributed by atoms with Crippen LogP contribution >= 0.6 is 23.2 Å². The molecule has 1 N–H and O–H groups in total. The predicted molar refractivity (Wildman–Crippen MR) is 133 cm³/mol. The fourth-order valence-corrected chi connectivity index (χ4v) is 5.38. The quantitative estimate of drug-likeness (QED) is 0.596. The summed E-state index contributed by atoms with van der Waals surface area (Å²) in [4.78, 5) is 30.9. The van der Waals surface area contributed by atoms with E-state index in [-0.39, 0.29) is 30.4 Å². The summed E-state index contributed by atoms with van der Waals surface area (Å²) in [5, 5.41) is 11.6. The summed E-state index contributed by atoms with van der Waals surface area (Å²) in [6.45, 7) is 4.75. The normalized spacial score (nSPS) is 22.5. The summed E-state index contributed by atoms with van der Waals surface area (Å²) in [7, 11) is 0. The van der Waals surface area contributed by atoms with Gasteiger partial charge in [-0.3, -0.25) is 9.59 Å². The molecule has 0 saturated carbocycles. The second-order valence-electron chi connectivity index (χ2n) is 9.51. The average molecular weight is 510 g/mol. The molecule has 3 heterocycles. The molecule has 0 aliphatic carbocycles. The third kappa shape index (κ3) is 6.52. The van der Waals surface area contributed by atoms with Crippen molar-refractivity contribution in [1.29, 1.82) is 0 Å². The van der Waals surface area contributed by atoms with Crippen molar-refractivity contribution in [2.24, 2.45) is 0 Å². The van der Waals surface area contributed by atoms with Crippen molar-refractivity contribution in [3.05, 3.63) is 39.9 Å². The number of β-amino-alcohol motifs (C(OH)–C–C–N with tert-alkyl or cyclic N) is 1. The molecule has 1 atom stereocenters. The minimum atomic E-state index is -0.612. The van der Waals surface area contributed by atoms with Crippen molar-refractivity contribution in [3.63, 3.8) is 0 Å². The van der Waals surface area contributed by atoms with Crippen molar-refractivity contribution in [2.45, 2.75) is 43.8 Å². The molecule has 1 unspecified atom stereocenters. The van der Waals surface area contributed by atoms with E-state index < -0.39 is 6.10 Å². The maximum Gasteiger partial charge on any atom is 0.246 e. The molecule has 3 fully saturated rings. The SMILES string of the molecule is O=C(C=Cc1ccc(Cl)c(Cl)c1)N1CCC(=O)N(CC(O)CN2CCC3(CCCO3)CC2)CC1. The van der Waals surface area contributed by atoms with Crippen LogP contribution in [-0.4, -0.2) is 95.7 Å². The molecule has 3 aliphatic rings. The van der Waals surface area contributed by atoms with Crippen LogP contribution in [0.3, 0.4) is 0 Å². The van der Waals surface area contributed by atoms with E-state index in [9.17, 15) is 14.7 Å². The lowest BCUT2D eigenvalue weighted by Gasteiger charge is -2.39. The summed E-state index contributed by atoms with van der Waals surface area (Å²) < 4.78 is 5.98. The van der Waals surface area contributed by atoms with Crippen molar-refractivity contribution < 1.29 is 19.4 Å². The lowest BCUT2D eigenvalue weighted by Crippen LogP contribution is -2.48. The largest absolute Gasteiger partial charge is 0.390 e. The topological polar surface area (TPSA) is 73.3 Å². The molecule has 0 aromatic heterocycles. The first-order chi connectivity index (χ1) is 16.3. The Morgan fingerprint density at radius 2 is 1.88 bits per heavy atom. The Kier molecular flexibility index (Phi) is 8.53. The summed E-state index contributed by atoms with van der Waals surface area (Å²) >= 11 is 12.0. The second-order valence-corrected chi connectivity index (χ2v) is 10.3. The zero-order valence-electron chi connectivity index (χ0n) is 19.4. The van der Waals surface area contributed by atoms with Crippen LogP contribution in [0.5, 0.6) is 0 Å². The molecule has 7 nitrogen and oxygen atoms in total. The molecule has 3 aliphatic heterocycles. The smallest absolute Gasteiger partial charge is 0.246 e. The fourth-order valence-electron chi connectivity index (χ4n) is 5.07. The zero-order valence-corrected chi connectivity index (χ0v) is 20.9. The number of rotatable bonds is 6. The van der Waals surface area contributed by atoms with Gasteiger partial charge in [-0.2, -0.15) is 0 Å². The Labute approximate surface area is 211 Å². The molecule has 2 amide bonds. The molecule has 0 bridgehead atoms. The van der Waals surface area contributed by atoms with Crippen LogP contribution in [0.25, 0.3) is 6.08 Å². The van der Waals surface area contributed by atoms with Crippen molar-refractivity contribution in [1.82, 2.24) is 14.7 Å². The molecule has 0 radical (unpaired) electrons. The van der Waals surface area contributed by atoms with E-state index in [4.69, 9.17) is 27.9 Å². The van der Waals surface area contributed by atoms with Gasteiger partial charge in [0, 0.05) is 64.9 Å². The van der Waals surface area contributed by atoms with Crippen LogP contribution < -0.4 is 0 Å². The number of halogens is 2. The van der Waals surface area contributed by atoms with Gasteiger partial charge < -0.3 is 24.5 Å². The van der Waals surface area contributed by atoms with Crippen LogP contribution in [0.15, 0.2) is 24.3 Å². The van der Waals surface area contributed by atoms with Crippen molar-refractivity contribution >= 4 is 41.1 Å². The fraction of sp³-hybridized carbons (Fsp3) is 0.600. The Morgan fingerprint density at radius 1 is 1.09 bits per heavy atom. The number of aliphatic hydroxyl groups excluding tert-OH is 1. The number of aliphatic hydroxyl groups is 1. The number of ether oxygens (including phenoxy) is 1. The standard InChI is InChI=1S/C25H33Cl2N3O4/c26-21-4-2-19(16-22(21)27)3-5-23(32)29-10-6-24(33)30(14-13-29)18-20(31)17-28-11-8-25(9-12-28)7-1-15-34-25/h2-5,16,20,31H,1,6-15,17-18H2. The molecule has 9 heteroatoms. The highest BCUT2D eigenvalue weighted by Crippen LogP contribution is 2.35. The number of carbonyl (C=O) groups excluding carboxylic acids is 2. The molecule has 1 aromatic carbocycles. The monoisotopic (exact) mass is 509 g/mol. The van der Waals surface area contributed by atoms with E-state index in [1.54, 1.807) is 34.1 Å². The molecule has 34 heavy (non-hydrogen) atoms.